The van der Waals surface area contributed by atoms with Gasteiger partial charge in [-0.3, -0.25) is 18.8 Å². The van der Waals surface area contributed by atoms with E-state index in [1.165, 1.54) is 7.05 Å². The van der Waals surface area contributed by atoms with Crippen molar-refractivity contribution in [1.82, 2.24) is 19.4 Å². The quantitative estimate of drug-likeness (QED) is 0.783. The summed E-state index contributed by atoms with van der Waals surface area (Å²) < 4.78 is 2.69. The van der Waals surface area contributed by atoms with Crippen LogP contribution in [0.3, 0.4) is 0 Å². The third-order valence-electron chi connectivity index (χ3n) is 3.97. The smallest absolute Gasteiger partial charge is 0.317 e. The van der Waals surface area contributed by atoms with E-state index in [0.29, 0.717) is 12.6 Å². The zero-order valence-electron chi connectivity index (χ0n) is 11.8. The standard InChI is InChI=1S/C13H22N4O2/c1-15(10-4-6-14-7-5-10)9-11-8-12(18)17(3)13(19)16(11)2/h8,10,14H,4-7,9H2,1-3H3. The van der Waals surface area contributed by atoms with Crippen molar-refractivity contribution in [1.29, 1.82) is 0 Å². The summed E-state index contributed by atoms with van der Waals surface area (Å²) in [5.41, 5.74) is 0.271. The molecule has 0 radical (unpaired) electrons. The molecule has 0 saturated carbocycles. The van der Waals surface area contributed by atoms with Crippen molar-refractivity contribution in [3.8, 4) is 0 Å². The minimum absolute atomic E-state index is 0.239. The fourth-order valence-electron chi connectivity index (χ4n) is 2.56. The molecular formula is C13H22N4O2. The maximum atomic E-state index is 11.9. The Balaban J connectivity index is 2.19. The van der Waals surface area contributed by atoms with Crippen molar-refractivity contribution in [3.05, 3.63) is 32.6 Å². The molecule has 1 saturated heterocycles. The Kier molecular flexibility index (Phi) is 4.21. The van der Waals surface area contributed by atoms with Gasteiger partial charge in [-0.2, -0.15) is 0 Å². The van der Waals surface area contributed by atoms with Gasteiger partial charge in [-0.15, -0.1) is 0 Å². The average molecular weight is 266 g/mol. The molecule has 1 fully saturated rings. The molecule has 0 atom stereocenters. The lowest BCUT2D eigenvalue weighted by atomic mass is 10.1. The van der Waals surface area contributed by atoms with Crippen LogP contribution in [0, 0.1) is 0 Å². The van der Waals surface area contributed by atoms with E-state index < -0.39 is 0 Å². The van der Waals surface area contributed by atoms with Gasteiger partial charge in [0.2, 0.25) is 0 Å². The monoisotopic (exact) mass is 266 g/mol. The predicted octanol–water partition coefficient (Wildman–Crippen LogP) is -0.732. The van der Waals surface area contributed by atoms with E-state index >= 15 is 0 Å². The van der Waals surface area contributed by atoms with Crippen molar-refractivity contribution < 1.29 is 0 Å². The molecule has 1 aliphatic rings. The first-order valence-electron chi connectivity index (χ1n) is 6.67. The number of rotatable bonds is 3. The summed E-state index contributed by atoms with van der Waals surface area (Å²) in [5, 5.41) is 3.34. The van der Waals surface area contributed by atoms with Crippen LogP contribution in [0.4, 0.5) is 0 Å². The molecule has 0 spiro atoms. The second-order valence-corrected chi connectivity index (χ2v) is 5.27. The number of nitrogens with zero attached hydrogens (tertiary/aromatic N) is 3. The highest BCUT2D eigenvalue weighted by atomic mass is 16.2. The molecule has 1 N–H and O–H groups in total. The zero-order chi connectivity index (χ0) is 14.0. The van der Waals surface area contributed by atoms with Crippen molar-refractivity contribution in [2.45, 2.75) is 25.4 Å². The van der Waals surface area contributed by atoms with Gasteiger partial charge in [0.05, 0.1) is 0 Å². The molecule has 0 unspecified atom stereocenters. The minimum atomic E-state index is -0.263. The van der Waals surface area contributed by atoms with Crippen LogP contribution >= 0.6 is 0 Å². The van der Waals surface area contributed by atoms with E-state index in [1.54, 1.807) is 17.7 Å². The van der Waals surface area contributed by atoms with Crippen LogP contribution in [-0.4, -0.2) is 40.2 Å². The average Bonchev–Trinajstić information content (AvgIpc) is 2.43. The summed E-state index contributed by atoms with van der Waals surface area (Å²) in [4.78, 5) is 25.8. The van der Waals surface area contributed by atoms with Crippen molar-refractivity contribution >= 4 is 0 Å². The molecule has 1 aromatic rings. The van der Waals surface area contributed by atoms with Crippen LogP contribution in [-0.2, 0) is 20.6 Å². The largest absolute Gasteiger partial charge is 0.330 e. The van der Waals surface area contributed by atoms with E-state index in [0.717, 1.165) is 36.2 Å². The van der Waals surface area contributed by atoms with E-state index in [4.69, 9.17) is 0 Å². The van der Waals surface area contributed by atoms with Crippen molar-refractivity contribution in [3.63, 3.8) is 0 Å². The number of piperidine rings is 1. The molecule has 1 aromatic heterocycles. The molecule has 6 nitrogen and oxygen atoms in total. The Morgan fingerprint density at radius 1 is 1.26 bits per heavy atom. The maximum Gasteiger partial charge on any atom is 0.330 e. The molecule has 0 bridgehead atoms. The lowest BCUT2D eigenvalue weighted by Crippen LogP contribution is -2.43. The van der Waals surface area contributed by atoms with Gasteiger partial charge in [0, 0.05) is 38.4 Å². The van der Waals surface area contributed by atoms with Gasteiger partial charge in [0.1, 0.15) is 0 Å². The normalized spacial score (nSPS) is 17.1. The Labute approximate surface area is 112 Å². The van der Waals surface area contributed by atoms with Crippen LogP contribution in [0.1, 0.15) is 18.5 Å². The molecule has 2 heterocycles. The molecule has 1 aliphatic heterocycles. The van der Waals surface area contributed by atoms with Crippen molar-refractivity contribution in [2.24, 2.45) is 14.1 Å². The third-order valence-corrected chi connectivity index (χ3v) is 3.97. The second-order valence-electron chi connectivity index (χ2n) is 5.27. The fourth-order valence-corrected chi connectivity index (χ4v) is 2.56. The Hall–Kier alpha value is -1.40. The third kappa shape index (κ3) is 2.96. The van der Waals surface area contributed by atoms with Gasteiger partial charge in [-0.1, -0.05) is 0 Å². The van der Waals surface area contributed by atoms with Crippen LogP contribution < -0.4 is 16.6 Å². The summed E-state index contributed by atoms with van der Waals surface area (Å²) in [6, 6.07) is 2.07. The van der Waals surface area contributed by atoms with E-state index in [2.05, 4.69) is 17.3 Å². The molecule has 0 amide bonds. The number of hydrogen-bond acceptors (Lipinski definition) is 4. The first kappa shape index (κ1) is 14.0. The minimum Gasteiger partial charge on any atom is -0.317 e. The molecule has 2 rings (SSSR count). The summed E-state index contributed by atoms with van der Waals surface area (Å²) in [6.07, 6.45) is 2.21. The predicted molar refractivity (Wildman–Crippen MR) is 74.3 cm³/mol. The van der Waals surface area contributed by atoms with E-state index in [1.807, 2.05) is 0 Å². The number of nitrogens with one attached hydrogen (secondary N) is 1. The van der Waals surface area contributed by atoms with Gasteiger partial charge in [0.25, 0.3) is 5.56 Å². The molecule has 0 aromatic carbocycles. The van der Waals surface area contributed by atoms with Crippen LogP contribution in [0.25, 0.3) is 0 Å². The maximum absolute atomic E-state index is 11.9. The summed E-state index contributed by atoms with van der Waals surface area (Å²) in [7, 11) is 5.27. The lowest BCUT2D eigenvalue weighted by Gasteiger charge is -2.31. The number of aromatic nitrogens is 2. The lowest BCUT2D eigenvalue weighted by molar-refractivity contribution is 0.187. The van der Waals surface area contributed by atoms with Crippen LogP contribution in [0.15, 0.2) is 15.7 Å². The van der Waals surface area contributed by atoms with Crippen LogP contribution in [0.2, 0.25) is 0 Å². The summed E-state index contributed by atoms with van der Waals surface area (Å²) >= 11 is 0. The highest BCUT2D eigenvalue weighted by Gasteiger charge is 2.19. The molecule has 0 aliphatic carbocycles. The second kappa shape index (κ2) is 5.71. The van der Waals surface area contributed by atoms with Gasteiger partial charge in [-0.25, -0.2) is 4.79 Å². The van der Waals surface area contributed by atoms with E-state index in [9.17, 15) is 9.59 Å². The van der Waals surface area contributed by atoms with Gasteiger partial charge < -0.3 is 5.32 Å². The Morgan fingerprint density at radius 3 is 2.53 bits per heavy atom. The SMILES string of the molecule is CN(Cc1cc(=O)n(C)c(=O)n1C)C1CCNCC1. The molecule has 19 heavy (non-hydrogen) atoms. The number of hydrogen-bond donors (Lipinski definition) is 1. The first-order chi connectivity index (χ1) is 9.00. The van der Waals surface area contributed by atoms with Crippen LogP contribution in [0.5, 0.6) is 0 Å². The first-order valence-corrected chi connectivity index (χ1v) is 6.67. The van der Waals surface area contributed by atoms with Crippen molar-refractivity contribution in [2.75, 3.05) is 20.1 Å². The molecule has 6 heteroatoms. The topological polar surface area (TPSA) is 59.3 Å². The summed E-state index contributed by atoms with van der Waals surface area (Å²) in [5.74, 6) is 0. The van der Waals surface area contributed by atoms with Gasteiger partial charge in [-0.05, 0) is 33.0 Å². The Bertz CT molecular complexity index is 555. The highest BCUT2D eigenvalue weighted by Crippen LogP contribution is 2.12. The Morgan fingerprint density at radius 2 is 1.89 bits per heavy atom. The van der Waals surface area contributed by atoms with E-state index in [-0.39, 0.29) is 11.2 Å². The highest BCUT2D eigenvalue weighted by molar-refractivity contribution is 5.02. The fraction of sp³-hybridized carbons (Fsp3) is 0.692. The zero-order valence-corrected chi connectivity index (χ0v) is 11.8. The molecular weight excluding hydrogens is 244 g/mol. The van der Waals surface area contributed by atoms with Gasteiger partial charge >= 0.3 is 5.69 Å². The van der Waals surface area contributed by atoms with Gasteiger partial charge in [0.15, 0.2) is 0 Å². The summed E-state index contributed by atoms with van der Waals surface area (Å²) in [6.45, 7) is 2.70. The molecule has 106 valence electrons.